The van der Waals surface area contributed by atoms with E-state index in [1.165, 1.54) is 24.3 Å². The largest absolute Gasteiger partial charge is 0.573 e. The van der Waals surface area contributed by atoms with E-state index in [1.807, 2.05) is 0 Å². The predicted molar refractivity (Wildman–Crippen MR) is 68.1 cm³/mol. The fourth-order valence-electron chi connectivity index (χ4n) is 1.02. The Morgan fingerprint density at radius 2 is 1.78 bits per heavy atom. The van der Waals surface area contributed by atoms with Crippen LogP contribution in [0.2, 0.25) is 0 Å². The van der Waals surface area contributed by atoms with Crippen LogP contribution >= 0.6 is 12.6 Å². The summed E-state index contributed by atoms with van der Waals surface area (Å²) in [6.45, 7) is 3.59. The Hall–Kier alpha value is -1.43. The Balaban J connectivity index is 2.75. The summed E-state index contributed by atoms with van der Waals surface area (Å²) in [5, 5.41) is 0. The average Bonchev–Trinajstić information content (AvgIpc) is 2.25. The van der Waals surface area contributed by atoms with Crippen molar-refractivity contribution in [1.82, 2.24) is 0 Å². The maximum atomic E-state index is 11.9. The molecule has 0 aliphatic heterocycles. The monoisotopic (exact) mass is 275 g/mol. The Kier molecular flexibility index (Phi) is 4.84. The van der Waals surface area contributed by atoms with Crippen molar-refractivity contribution in [2.45, 2.75) is 20.2 Å². The van der Waals surface area contributed by atoms with Gasteiger partial charge in [-0.3, -0.25) is 4.99 Å². The first-order chi connectivity index (χ1) is 8.28. The van der Waals surface area contributed by atoms with E-state index in [-0.39, 0.29) is 5.75 Å². The van der Waals surface area contributed by atoms with Crippen molar-refractivity contribution in [1.29, 1.82) is 0 Å². The normalized spacial score (nSPS) is 13.7. The highest BCUT2D eigenvalue weighted by Gasteiger charge is 2.30. The number of alkyl halides is 3. The highest BCUT2D eigenvalue weighted by molar-refractivity contribution is 7.84. The summed E-state index contributed by atoms with van der Waals surface area (Å²) in [6, 6.07) is 5.46. The zero-order valence-electron chi connectivity index (χ0n) is 9.82. The highest BCUT2D eigenvalue weighted by Crippen LogP contribution is 2.22. The van der Waals surface area contributed by atoms with Crippen LogP contribution in [0.15, 0.2) is 39.9 Å². The minimum atomic E-state index is -4.67. The molecule has 0 saturated carbocycles. The molecule has 0 fully saturated rings. The van der Waals surface area contributed by atoms with Crippen molar-refractivity contribution in [3.8, 4) is 5.75 Å². The molecule has 18 heavy (non-hydrogen) atoms. The molecular formula is C12H12F3NOS. The van der Waals surface area contributed by atoms with Crippen LogP contribution in [0.3, 0.4) is 0 Å². The summed E-state index contributed by atoms with van der Waals surface area (Å²) < 4.78 is 39.5. The number of halogens is 3. The molecule has 0 heterocycles. The van der Waals surface area contributed by atoms with Crippen LogP contribution in [-0.4, -0.2) is 12.6 Å². The second-order valence-corrected chi connectivity index (χ2v) is 4.22. The summed E-state index contributed by atoms with van der Waals surface area (Å²) >= 11 is 4.12. The van der Waals surface area contributed by atoms with Crippen molar-refractivity contribution in [3.05, 3.63) is 40.4 Å². The molecule has 0 spiro atoms. The predicted octanol–water partition coefficient (Wildman–Crippen LogP) is 4.19. The number of nitrogens with zero attached hydrogens (tertiary/aromatic N) is 1. The SMILES string of the molecule is C/C(S)=C(\C)N=Cc1ccc(OC(F)(F)F)cc1. The van der Waals surface area contributed by atoms with Gasteiger partial charge in [0, 0.05) is 11.9 Å². The van der Waals surface area contributed by atoms with Crippen LogP contribution in [0.4, 0.5) is 13.2 Å². The number of ether oxygens (including phenoxy) is 1. The summed E-state index contributed by atoms with van der Waals surface area (Å²) in [4.78, 5) is 4.89. The van der Waals surface area contributed by atoms with Crippen molar-refractivity contribution in [3.63, 3.8) is 0 Å². The van der Waals surface area contributed by atoms with E-state index in [9.17, 15) is 13.2 Å². The minimum Gasteiger partial charge on any atom is -0.406 e. The Bertz CT molecular complexity index is 459. The number of rotatable bonds is 3. The zero-order chi connectivity index (χ0) is 13.8. The Labute approximate surface area is 109 Å². The molecule has 0 amide bonds. The number of benzene rings is 1. The van der Waals surface area contributed by atoms with Crippen molar-refractivity contribution < 1.29 is 17.9 Å². The summed E-state index contributed by atoms with van der Waals surface area (Å²) in [6.07, 6.45) is -3.12. The van der Waals surface area contributed by atoms with Gasteiger partial charge in [-0.1, -0.05) is 0 Å². The van der Waals surface area contributed by atoms with Crippen LogP contribution in [0, 0.1) is 0 Å². The van der Waals surface area contributed by atoms with E-state index >= 15 is 0 Å². The number of hydrogen-bond acceptors (Lipinski definition) is 3. The maximum Gasteiger partial charge on any atom is 0.573 e. The van der Waals surface area contributed by atoms with Gasteiger partial charge in [0.25, 0.3) is 0 Å². The lowest BCUT2D eigenvalue weighted by atomic mass is 10.2. The average molecular weight is 275 g/mol. The quantitative estimate of drug-likeness (QED) is 0.648. The number of hydrogen-bond donors (Lipinski definition) is 1. The lowest BCUT2D eigenvalue weighted by molar-refractivity contribution is -0.274. The second-order valence-electron chi connectivity index (χ2n) is 3.55. The molecule has 2 nitrogen and oxygen atoms in total. The number of allylic oxidation sites excluding steroid dienone is 2. The molecule has 1 rings (SSSR count). The summed E-state index contributed by atoms with van der Waals surface area (Å²) in [7, 11) is 0. The molecule has 0 N–H and O–H groups in total. The van der Waals surface area contributed by atoms with Crippen LogP contribution in [0.25, 0.3) is 0 Å². The third-order valence-corrected chi connectivity index (χ3v) is 2.37. The van der Waals surface area contributed by atoms with Gasteiger partial charge in [-0.05, 0) is 48.6 Å². The molecule has 0 saturated heterocycles. The lowest BCUT2D eigenvalue weighted by Gasteiger charge is -2.08. The summed E-state index contributed by atoms with van der Waals surface area (Å²) in [5.74, 6) is -0.253. The van der Waals surface area contributed by atoms with Gasteiger partial charge < -0.3 is 4.74 Å². The van der Waals surface area contributed by atoms with Gasteiger partial charge in [0.1, 0.15) is 5.75 Å². The topological polar surface area (TPSA) is 21.6 Å². The number of thiol groups is 1. The van der Waals surface area contributed by atoms with E-state index in [1.54, 1.807) is 20.1 Å². The third-order valence-electron chi connectivity index (χ3n) is 2.04. The van der Waals surface area contributed by atoms with Crippen molar-refractivity contribution >= 4 is 18.8 Å². The number of aliphatic imine (C=N–C) groups is 1. The van der Waals surface area contributed by atoms with E-state index in [4.69, 9.17) is 0 Å². The molecule has 0 bridgehead atoms. The maximum absolute atomic E-state index is 11.9. The van der Waals surface area contributed by atoms with Crippen LogP contribution in [-0.2, 0) is 0 Å². The molecule has 0 aromatic heterocycles. The lowest BCUT2D eigenvalue weighted by Crippen LogP contribution is -2.16. The molecule has 0 atom stereocenters. The van der Waals surface area contributed by atoms with E-state index in [2.05, 4.69) is 22.4 Å². The molecule has 98 valence electrons. The first-order valence-corrected chi connectivity index (χ1v) is 5.49. The van der Waals surface area contributed by atoms with Crippen LogP contribution in [0.1, 0.15) is 19.4 Å². The standard InChI is InChI=1S/C12H12F3NOS/c1-8(9(2)18)16-7-10-3-5-11(6-4-10)17-12(13,14)15/h3-7,18H,1-2H3/b9-8-,16-7?. The molecule has 0 radical (unpaired) electrons. The molecule has 0 aliphatic rings. The van der Waals surface area contributed by atoms with Gasteiger partial charge in [0.2, 0.25) is 0 Å². The molecule has 0 unspecified atom stereocenters. The van der Waals surface area contributed by atoms with Crippen LogP contribution < -0.4 is 4.74 Å². The van der Waals surface area contributed by atoms with Gasteiger partial charge in [0.05, 0.1) is 0 Å². The Morgan fingerprint density at radius 1 is 1.22 bits per heavy atom. The van der Waals surface area contributed by atoms with Crippen molar-refractivity contribution in [2.24, 2.45) is 4.99 Å². The minimum absolute atomic E-state index is 0.253. The van der Waals surface area contributed by atoms with Gasteiger partial charge in [-0.25, -0.2) is 0 Å². The highest BCUT2D eigenvalue weighted by atomic mass is 32.1. The summed E-state index contributed by atoms with van der Waals surface area (Å²) in [5.41, 5.74) is 1.42. The Morgan fingerprint density at radius 3 is 2.22 bits per heavy atom. The van der Waals surface area contributed by atoms with E-state index < -0.39 is 6.36 Å². The molecule has 6 heteroatoms. The van der Waals surface area contributed by atoms with Crippen LogP contribution in [0.5, 0.6) is 5.75 Å². The molecule has 1 aromatic rings. The zero-order valence-corrected chi connectivity index (χ0v) is 10.7. The molecule has 1 aromatic carbocycles. The fourth-order valence-corrected chi connectivity index (χ4v) is 1.08. The third kappa shape index (κ3) is 5.27. The van der Waals surface area contributed by atoms with Gasteiger partial charge >= 0.3 is 6.36 Å². The fraction of sp³-hybridized carbons (Fsp3) is 0.250. The first kappa shape index (κ1) is 14.6. The molecular weight excluding hydrogens is 263 g/mol. The first-order valence-electron chi connectivity index (χ1n) is 5.04. The van der Waals surface area contributed by atoms with E-state index in [0.717, 1.165) is 10.6 Å². The van der Waals surface area contributed by atoms with Gasteiger partial charge in [-0.15, -0.1) is 25.8 Å². The smallest absolute Gasteiger partial charge is 0.406 e. The molecule has 0 aliphatic carbocycles. The second kappa shape index (κ2) is 5.95. The van der Waals surface area contributed by atoms with Crippen molar-refractivity contribution in [2.75, 3.05) is 0 Å². The van der Waals surface area contributed by atoms with E-state index in [0.29, 0.717) is 5.56 Å². The van der Waals surface area contributed by atoms with Gasteiger partial charge in [-0.2, -0.15) is 0 Å². The van der Waals surface area contributed by atoms with Gasteiger partial charge in [0.15, 0.2) is 0 Å².